The smallest absolute Gasteiger partial charge is 0.337 e. The van der Waals surface area contributed by atoms with E-state index in [0.717, 1.165) is 0 Å². The lowest BCUT2D eigenvalue weighted by molar-refractivity contribution is -0.146. The maximum atomic E-state index is 11.9. The van der Waals surface area contributed by atoms with Crippen molar-refractivity contribution in [3.63, 3.8) is 0 Å². The summed E-state index contributed by atoms with van der Waals surface area (Å²) in [4.78, 5) is 22.7. The van der Waals surface area contributed by atoms with Crippen LogP contribution in [0.4, 0.5) is 0 Å². The standard InChI is InChI=1S/C12H13BrO5/c1-18-7-2-3-8(11(15)12(16)17)9(6-7)10(14)4-5-13/h2-3,6,11,15H,4-5H2,1H3,(H,16,17). The number of aliphatic hydroxyl groups excluding tert-OH is 1. The van der Waals surface area contributed by atoms with Crippen LogP contribution in [0.3, 0.4) is 0 Å². The Bertz CT molecular complexity index is 458. The van der Waals surface area contributed by atoms with Crippen molar-refractivity contribution in [2.24, 2.45) is 0 Å². The molecule has 6 heteroatoms. The number of carboxylic acids is 1. The van der Waals surface area contributed by atoms with Crippen molar-refractivity contribution in [3.05, 3.63) is 29.3 Å². The molecule has 0 heterocycles. The van der Waals surface area contributed by atoms with Gasteiger partial charge in [0, 0.05) is 22.9 Å². The lowest BCUT2D eigenvalue weighted by Gasteiger charge is -2.12. The summed E-state index contributed by atoms with van der Waals surface area (Å²) in [6.45, 7) is 0. The van der Waals surface area contributed by atoms with Crippen molar-refractivity contribution >= 4 is 27.7 Å². The van der Waals surface area contributed by atoms with Gasteiger partial charge < -0.3 is 14.9 Å². The first kappa shape index (κ1) is 14.7. The number of methoxy groups -OCH3 is 1. The highest BCUT2D eigenvalue weighted by Gasteiger charge is 2.23. The van der Waals surface area contributed by atoms with Gasteiger partial charge in [-0.3, -0.25) is 4.79 Å². The normalized spacial score (nSPS) is 11.9. The first-order chi connectivity index (χ1) is 8.51. The highest BCUT2D eigenvalue weighted by atomic mass is 79.9. The summed E-state index contributed by atoms with van der Waals surface area (Å²) in [7, 11) is 1.45. The number of Topliss-reactive ketones (excluding diaryl/α,β-unsaturated/α-hetero) is 1. The quantitative estimate of drug-likeness (QED) is 0.617. The predicted octanol–water partition coefficient (Wildman–Crippen LogP) is 1.78. The first-order valence-corrected chi connectivity index (χ1v) is 6.31. The number of hydrogen-bond donors (Lipinski definition) is 2. The molecule has 0 aliphatic rings. The largest absolute Gasteiger partial charge is 0.497 e. The van der Waals surface area contributed by atoms with Gasteiger partial charge in [0.25, 0.3) is 0 Å². The van der Waals surface area contributed by atoms with Gasteiger partial charge in [0.05, 0.1) is 7.11 Å². The van der Waals surface area contributed by atoms with Gasteiger partial charge in [-0.15, -0.1) is 0 Å². The molecule has 1 rings (SSSR count). The number of aliphatic hydroxyl groups is 1. The summed E-state index contributed by atoms with van der Waals surface area (Å²) >= 11 is 3.14. The number of carbonyl (C=O) groups excluding carboxylic acids is 1. The van der Waals surface area contributed by atoms with E-state index in [1.54, 1.807) is 0 Å². The number of ether oxygens (including phenoxy) is 1. The highest BCUT2D eigenvalue weighted by molar-refractivity contribution is 9.09. The van der Waals surface area contributed by atoms with E-state index in [0.29, 0.717) is 11.1 Å². The van der Waals surface area contributed by atoms with Gasteiger partial charge in [0.15, 0.2) is 11.9 Å². The van der Waals surface area contributed by atoms with E-state index in [4.69, 9.17) is 9.84 Å². The summed E-state index contributed by atoms with van der Waals surface area (Å²) in [6.07, 6.45) is -1.50. The summed E-state index contributed by atoms with van der Waals surface area (Å²) in [5, 5.41) is 18.8. The van der Waals surface area contributed by atoms with E-state index in [-0.39, 0.29) is 23.3 Å². The minimum absolute atomic E-state index is 0.0780. The summed E-state index contributed by atoms with van der Waals surface area (Å²) in [5.74, 6) is -1.21. The van der Waals surface area contributed by atoms with Gasteiger partial charge in [0.2, 0.25) is 0 Å². The molecule has 0 aliphatic carbocycles. The number of rotatable bonds is 6. The number of carboxylic acid groups (broad SMARTS) is 1. The average Bonchev–Trinajstić information content (AvgIpc) is 2.37. The maximum Gasteiger partial charge on any atom is 0.337 e. The van der Waals surface area contributed by atoms with E-state index in [1.807, 2.05) is 0 Å². The van der Waals surface area contributed by atoms with Crippen LogP contribution in [0.25, 0.3) is 0 Å². The van der Waals surface area contributed by atoms with Crippen molar-refractivity contribution in [3.8, 4) is 5.75 Å². The van der Waals surface area contributed by atoms with Gasteiger partial charge in [0.1, 0.15) is 5.75 Å². The Hall–Kier alpha value is -1.40. The van der Waals surface area contributed by atoms with Crippen molar-refractivity contribution in [1.29, 1.82) is 0 Å². The molecule has 0 spiro atoms. The molecule has 5 nitrogen and oxygen atoms in total. The molecule has 0 fully saturated rings. The number of benzene rings is 1. The van der Waals surface area contributed by atoms with Crippen LogP contribution in [-0.4, -0.2) is 34.4 Å². The summed E-state index contributed by atoms with van der Waals surface area (Å²) in [5.41, 5.74) is 0.248. The van der Waals surface area contributed by atoms with Crippen molar-refractivity contribution < 1.29 is 24.5 Å². The maximum absolute atomic E-state index is 11.9. The van der Waals surface area contributed by atoms with Crippen LogP contribution in [0.15, 0.2) is 18.2 Å². The molecule has 18 heavy (non-hydrogen) atoms. The molecular formula is C12H13BrO5. The summed E-state index contributed by atoms with van der Waals surface area (Å²) < 4.78 is 4.99. The molecule has 0 radical (unpaired) electrons. The zero-order valence-corrected chi connectivity index (χ0v) is 11.3. The highest BCUT2D eigenvalue weighted by Crippen LogP contribution is 2.25. The molecule has 0 amide bonds. The van der Waals surface area contributed by atoms with Crippen molar-refractivity contribution in [1.82, 2.24) is 0 Å². The van der Waals surface area contributed by atoms with Crippen LogP contribution in [0.2, 0.25) is 0 Å². The molecule has 1 atom stereocenters. The Morgan fingerprint density at radius 1 is 1.44 bits per heavy atom. The van der Waals surface area contributed by atoms with E-state index in [2.05, 4.69) is 15.9 Å². The minimum atomic E-state index is -1.72. The molecule has 1 aromatic rings. The van der Waals surface area contributed by atoms with Crippen molar-refractivity contribution in [2.75, 3.05) is 12.4 Å². The zero-order chi connectivity index (χ0) is 13.7. The Balaban J connectivity index is 3.24. The lowest BCUT2D eigenvalue weighted by Crippen LogP contribution is -2.15. The summed E-state index contributed by atoms with van der Waals surface area (Å²) in [6, 6.07) is 4.33. The Morgan fingerprint density at radius 2 is 2.11 bits per heavy atom. The zero-order valence-electron chi connectivity index (χ0n) is 9.72. The number of hydrogen-bond acceptors (Lipinski definition) is 4. The van der Waals surface area contributed by atoms with Crippen LogP contribution in [0.1, 0.15) is 28.4 Å². The van der Waals surface area contributed by atoms with Crippen LogP contribution < -0.4 is 4.74 Å². The fraction of sp³-hybridized carbons (Fsp3) is 0.333. The third-order valence-electron chi connectivity index (χ3n) is 2.41. The number of halogens is 1. The van der Waals surface area contributed by atoms with Gasteiger partial charge >= 0.3 is 5.97 Å². The number of alkyl halides is 1. The number of carbonyl (C=O) groups is 2. The number of aliphatic carboxylic acids is 1. The SMILES string of the molecule is COc1ccc(C(O)C(=O)O)c(C(=O)CCBr)c1. The van der Waals surface area contributed by atoms with Crippen LogP contribution in [-0.2, 0) is 4.79 Å². The van der Waals surface area contributed by atoms with Crippen LogP contribution in [0.5, 0.6) is 5.75 Å². The molecule has 2 N–H and O–H groups in total. The molecule has 98 valence electrons. The van der Waals surface area contributed by atoms with E-state index in [1.165, 1.54) is 25.3 Å². The monoisotopic (exact) mass is 316 g/mol. The molecule has 1 unspecified atom stereocenters. The van der Waals surface area contributed by atoms with Gasteiger partial charge in [-0.25, -0.2) is 4.79 Å². The molecule has 0 aromatic heterocycles. The fourth-order valence-electron chi connectivity index (χ4n) is 1.50. The van der Waals surface area contributed by atoms with Crippen molar-refractivity contribution in [2.45, 2.75) is 12.5 Å². The van der Waals surface area contributed by atoms with E-state index in [9.17, 15) is 14.7 Å². The Kier molecular flexibility index (Phi) is 5.30. The fourth-order valence-corrected chi connectivity index (χ4v) is 1.86. The predicted molar refractivity (Wildman–Crippen MR) is 68.3 cm³/mol. The second-order valence-electron chi connectivity index (χ2n) is 3.56. The van der Waals surface area contributed by atoms with Gasteiger partial charge in [-0.1, -0.05) is 22.0 Å². The third-order valence-corrected chi connectivity index (χ3v) is 2.81. The van der Waals surface area contributed by atoms with Gasteiger partial charge in [-0.2, -0.15) is 0 Å². The van der Waals surface area contributed by atoms with E-state index < -0.39 is 12.1 Å². The van der Waals surface area contributed by atoms with Crippen LogP contribution in [0, 0.1) is 0 Å². The van der Waals surface area contributed by atoms with Gasteiger partial charge in [-0.05, 0) is 12.1 Å². The molecule has 0 saturated heterocycles. The molecule has 1 aromatic carbocycles. The molecule has 0 aliphatic heterocycles. The lowest BCUT2D eigenvalue weighted by atomic mass is 9.97. The van der Waals surface area contributed by atoms with Crippen LogP contribution >= 0.6 is 15.9 Å². The molecule has 0 saturated carbocycles. The minimum Gasteiger partial charge on any atom is -0.497 e. The Morgan fingerprint density at radius 3 is 2.61 bits per heavy atom. The second-order valence-corrected chi connectivity index (χ2v) is 4.35. The molecular weight excluding hydrogens is 304 g/mol. The third kappa shape index (κ3) is 3.30. The number of ketones is 1. The Labute approximate surface area is 113 Å². The average molecular weight is 317 g/mol. The molecule has 0 bridgehead atoms. The topological polar surface area (TPSA) is 83.8 Å². The second kappa shape index (κ2) is 6.51. The first-order valence-electron chi connectivity index (χ1n) is 5.19. The van der Waals surface area contributed by atoms with E-state index >= 15 is 0 Å².